The molecule has 0 bridgehead atoms. The Labute approximate surface area is 157 Å². The fraction of sp³-hybridized carbons (Fsp3) is 0.632. The van der Waals surface area contributed by atoms with Gasteiger partial charge in [0.2, 0.25) is 0 Å². The second-order valence-electron chi connectivity index (χ2n) is 7.25. The molecule has 2 saturated heterocycles. The molecular weight excluding hydrogens is 356 g/mol. The van der Waals surface area contributed by atoms with E-state index in [0.29, 0.717) is 18.4 Å². The van der Waals surface area contributed by atoms with Gasteiger partial charge in [-0.15, -0.1) is 0 Å². The molecule has 0 radical (unpaired) electrons. The van der Waals surface area contributed by atoms with Gasteiger partial charge in [-0.3, -0.25) is 9.59 Å². The van der Waals surface area contributed by atoms with Gasteiger partial charge in [0.25, 0.3) is 0 Å². The van der Waals surface area contributed by atoms with Crippen LogP contribution >= 0.6 is 0 Å². The highest BCUT2D eigenvalue weighted by molar-refractivity contribution is 5.91. The van der Waals surface area contributed by atoms with Gasteiger partial charge in [0.05, 0.1) is 18.6 Å². The summed E-state index contributed by atoms with van der Waals surface area (Å²) >= 11 is 0. The van der Waals surface area contributed by atoms with Crippen LogP contribution in [-0.2, 0) is 33.3 Å². The van der Waals surface area contributed by atoms with Crippen LogP contribution in [0.5, 0.6) is 0 Å². The van der Waals surface area contributed by atoms with E-state index >= 15 is 0 Å². The van der Waals surface area contributed by atoms with Crippen LogP contribution in [0.15, 0.2) is 23.8 Å². The second-order valence-corrected chi connectivity index (χ2v) is 7.25. The highest BCUT2D eigenvalue weighted by Crippen LogP contribution is 2.48. The average molecular weight is 380 g/mol. The molecule has 3 aliphatic rings. The van der Waals surface area contributed by atoms with Crippen molar-refractivity contribution >= 4 is 17.9 Å². The molecule has 148 valence electrons. The van der Waals surface area contributed by atoms with Gasteiger partial charge in [-0.1, -0.05) is 6.58 Å². The summed E-state index contributed by atoms with van der Waals surface area (Å²) in [6.45, 7) is 6.25. The number of rotatable bonds is 4. The largest absolute Gasteiger partial charge is 0.463 e. The molecule has 8 heteroatoms. The number of fused-ring (bicyclic) bond motifs is 2. The molecule has 0 aromatic carbocycles. The Balaban J connectivity index is 1.95. The minimum Gasteiger partial charge on any atom is -0.463 e. The molecule has 0 aromatic heterocycles. The number of hydrogen-bond acceptors (Lipinski definition) is 8. The number of esters is 3. The van der Waals surface area contributed by atoms with E-state index in [1.54, 1.807) is 6.08 Å². The van der Waals surface area contributed by atoms with E-state index in [0.717, 1.165) is 0 Å². The van der Waals surface area contributed by atoms with Crippen LogP contribution in [0.2, 0.25) is 0 Å². The van der Waals surface area contributed by atoms with Gasteiger partial charge in [0.1, 0.15) is 24.4 Å². The van der Waals surface area contributed by atoms with Crippen LogP contribution in [0.25, 0.3) is 0 Å². The lowest BCUT2D eigenvalue weighted by molar-refractivity contribution is -0.153. The molecule has 5 atom stereocenters. The first-order valence-corrected chi connectivity index (χ1v) is 8.94. The molecule has 0 amide bonds. The summed E-state index contributed by atoms with van der Waals surface area (Å²) in [5.74, 6) is -2.09. The third kappa shape index (κ3) is 4.06. The third-order valence-electron chi connectivity index (χ3n) is 5.28. The molecule has 2 fully saturated rings. The van der Waals surface area contributed by atoms with Crippen molar-refractivity contribution in [2.45, 2.75) is 57.0 Å². The first-order valence-electron chi connectivity index (χ1n) is 8.94. The van der Waals surface area contributed by atoms with Crippen molar-refractivity contribution in [3.8, 4) is 0 Å². The summed E-state index contributed by atoms with van der Waals surface area (Å²) in [6.07, 6.45) is 1.50. The van der Waals surface area contributed by atoms with Crippen molar-refractivity contribution in [1.82, 2.24) is 0 Å². The molecule has 8 nitrogen and oxygen atoms in total. The van der Waals surface area contributed by atoms with E-state index in [9.17, 15) is 19.5 Å². The fourth-order valence-electron chi connectivity index (χ4n) is 3.90. The topological polar surface area (TPSA) is 112 Å². The maximum Gasteiger partial charge on any atom is 0.334 e. The van der Waals surface area contributed by atoms with Crippen LogP contribution in [-0.4, -0.2) is 60.1 Å². The third-order valence-corrected chi connectivity index (χ3v) is 5.28. The first kappa shape index (κ1) is 19.6. The van der Waals surface area contributed by atoms with Crippen molar-refractivity contribution < 1.29 is 38.4 Å². The normalized spacial score (nSPS) is 35.3. The smallest absolute Gasteiger partial charge is 0.334 e. The highest BCUT2D eigenvalue weighted by atomic mass is 16.6. The Bertz CT molecular complexity index is 696. The Morgan fingerprint density at radius 3 is 2.74 bits per heavy atom. The molecule has 2 heterocycles. The number of carbonyl (C=O) groups is 3. The van der Waals surface area contributed by atoms with Crippen LogP contribution < -0.4 is 0 Å². The number of epoxide rings is 1. The summed E-state index contributed by atoms with van der Waals surface area (Å²) in [7, 11) is 0. The Kier molecular flexibility index (Phi) is 5.39. The van der Waals surface area contributed by atoms with E-state index in [1.807, 2.05) is 0 Å². The number of aliphatic hydroxyl groups excluding tert-OH is 1. The lowest BCUT2D eigenvalue weighted by Crippen LogP contribution is -2.39. The zero-order valence-electron chi connectivity index (χ0n) is 15.4. The molecule has 0 spiro atoms. The molecule has 5 unspecified atom stereocenters. The van der Waals surface area contributed by atoms with E-state index < -0.39 is 41.6 Å². The number of aliphatic hydroxyl groups is 1. The molecule has 2 aliphatic heterocycles. The molecule has 0 saturated carbocycles. The quantitative estimate of drug-likeness (QED) is 0.251. The standard InChI is InChI=1S/C19H24O8/c1-10-17-14(26-18(10)23)6-13(8-20)4-5-16-19(27-16,9-24-11(2)21)7-15(17)25-12(3)22/h6,14-17,20H,1,4-5,7-9H2,2-3H3. The highest BCUT2D eigenvalue weighted by Gasteiger charge is 2.60. The number of carbonyl (C=O) groups excluding carboxylic acids is 3. The predicted octanol–water partition coefficient (Wildman–Crippen LogP) is 0.819. The Hall–Kier alpha value is -2.19. The van der Waals surface area contributed by atoms with Crippen LogP contribution in [0, 0.1) is 5.92 Å². The van der Waals surface area contributed by atoms with Crippen LogP contribution in [0.1, 0.15) is 33.1 Å². The predicted molar refractivity (Wildman–Crippen MR) is 91.3 cm³/mol. The van der Waals surface area contributed by atoms with Crippen LogP contribution in [0.4, 0.5) is 0 Å². The van der Waals surface area contributed by atoms with E-state index in [-0.39, 0.29) is 31.3 Å². The van der Waals surface area contributed by atoms with E-state index in [2.05, 4.69) is 6.58 Å². The summed E-state index contributed by atoms with van der Waals surface area (Å²) in [5.41, 5.74) is 0.119. The number of ether oxygens (including phenoxy) is 4. The summed E-state index contributed by atoms with van der Waals surface area (Å²) in [4.78, 5) is 35.1. The molecule has 3 rings (SSSR count). The summed E-state index contributed by atoms with van der Waals surface area (Å²) in [6, 6.07) is 0. The SMILES string of the molecule is C=C1C(=O)OC2C=C(CO)CCC3OC3(COC(C)=O)CC(OC(C)=O)C12. The zero-order valence-corrected chi connectivity index (χ0v) is 15.4. The van der Waals surface area contributed by atoms with Gasteiger partial charge in [0.15, 0.2) is 0 Å². The summed E-state index contributed by atoms with van der Waals surface area (Å²) < 4.78 is 21.9. The summed E-state index contributed by atoms with van der Waals surface area (Å²) in [5, 5.41) is 9.65. The van der Waals surface area contributed by atoms with Crippen molar-refractivity contribution in [3.05, 3.63) is 23.8 Å². The van der Waals surface area contributed by atoms with Gasteiger partial charge in [0, 0.05) is 25.8 Å². The maximum atomic E-state index is 12.1. The average Bonchev–Trinajstić information content (AvgIpc) is 3.20. The number of hydrogen-bond donors (Lipinski definition) is 1. The molecule has 0 aromatic rings. The second kappa shape index (κ2) is 7.44. The van der Waals surface area contributed by atoms with Crippen molar-refractivity contribution in [2.24, 2.45) is 5.92 Å². The minimum absolute atomic E-state index is 0.0294. The minimum atomic E-state index is -0.792. The van der Waals surface area contributed by atoms with Crippen molar-refractivity contribution in [2.75, 3.05) is 13.2 Å². The maximum absolute atomic E-state index is 12.1. The molecule has 27 heavy (non-hydrogen) atoms. The van der Waals surface area contributed by atoms with Gasteiger partial charge in [-0.2, -0.15) is 0 Å². The van der Waals surface area contributed by atoms with Gasteiger partial charge in [-0.25, -0.2) is 4.79 Å². The van der Waals surface area contributed by atoms with Crippen molar-refractivity contribution in [3.63, 3.8) is 0 Å². The molecular formula is C19H24O8. The Morgan fingerprint density at radius 1 is 1.37 bits per heavy atom. The van der Waals surface area contributed by atoms with Gasteiger partial charge < -0.3 is 24.1 Å². The van der Waals surface area contributed by atoms with Gasteiger partial charge >= 0.3 is 17.9 Å². The first-order chi connectivity index (χ1) is 12.8. The lowest BCUT2D eigenvalue weighted by atomic mass is 9.82. The van der Waals surface area contributed by atoms with Crippen molar-refractivity contribution in [1.29, 1.82) is 0 Å². The monoisotopic (exact) mass is 380 g/mol. The zero-order chi connectivity index (χ0) is 19.8. The van der Waals surface area contributed by atoms with Crippen LogP contribution in [0.3, 0.4) is 0 Å². The Morgan fingerprint density at radius 2 is 2.11 bits per heavy atom. The van der Waals surface area contributed by atoms with E-state index in [4.69, 9.17) is 18.9 Å². The lowest BCUT2D eigenvalue weighted by Gasteiger charge is -2.29. The fourth-order valence-corrected chi connectivity index (χ4v) is 3.90. The molecule has 1 N–H and O–H groups in total. The van der Waals surface area contributed by atoms with Gasteiger partial charge in [-0.05, 0) is 24.5 Å². The molecule has 1 aliphatic carbocycles. The van der Waals surface area contributed by atoms with E-state index in [1.165, 1.54) is 13.8 Å².